The molecule has 0 atom stereocenters. The summed E-state index contributed by atoms with van der Waals surface area (Å²) >= 11 is 0. The highest BCUT2D eigenvalue weighted by molar-refractivity contribution is 7.93. The molecule has 10 heteroatoms. The lowest BCUT2D eigenvalue weighted by atomic mass is 10.3. The first-order chi connectivity index (χ1) is 15.8. The van der Waals surface area contributed by atoms with Gasteiger partial charge in [-0.2, -0.15) is 0 Å². The van der Waals surface area contributed by atoms with Crippen LogP contribution >= 0.6 is 0 Å². The van der Waals surface area contributed by atoms with Crippen LogP contribution in [-0.4, -0.2) is 21.8 Å². The molecule has 0 saturated carbocycles. The first-order valence-corrected chi connectivity index (χ1v) is 12.7. The van der Waals surface area contributed by atoms with Crippen molar-refractivity contribution in [2.75, 3.05) is 9.44 Å². The first-order valence-electron chi connectivity index (χ1n) is 9.71. The van der Waals surface area contributed by atoms with Crippen molar-refractivity contribution >= 4 is 31.4 Å². The van der Waals surface area contributed by atoms with Crippen LogP contribution in [-0.2, 0) is 20.0 Å². The lowest BCUT2D eigenvalue weighted by molar-refractivity contribution is 0.482. The molecule has 168 valence electrons. The number of para-hydroxylation sites is 1. The lowest BCUT2D eigenvalue weighted by Gasteiger charge is -2.11. The van der Waals surface area contributed by atoms with Crippen molar-refractivity contribution in [2.45, 2.75) is 9.79 Å². The SMILES string of the molecule is O=S(=O)(Nc1ccc(S(=O)(=O)Nc2cccnc2)cc1)c1ccc(Oc2ccccc2)cc1. The molecular weight excluding hydrogens is 462 g/mol. The zero-order chi connectivity index (χ0) is 23.3. The first kappa shape index (κ1) is 22.3. The van der Waals surface area contributed by atoms with E-state index in [9.17, 15) is 16.8 Å². The maximum atomic E-state index is 12.7. The molecule has 33 heavy (non-hydrogen) atoms. The minimum absolute atomic E-state index is 0.0169. The third-order valence-electron chi connectivity index (χ3n) is 4.44. The van der Waals surface area contributed by atoms with Gasteiger partial charge in [-0.3, -0.25) is 14.4 Å². The fourth-order valence-electron chi connectivity index (χ4n) is 2.86. The van der Waals surface area contributed by atoms with Gasteiger partial charge >= 0.3 is 0 Å². The maximum Gasteiger partial charge on any atom is 0.261 e. The van der Waals surface area contributed by atoms with Gasteiger partial charge in [0.15, 0.2) is 0 Å². The van der Waals surface area contributed by atoms with Crippen molar-refractivity contribution in [3.8, 4) is 11.5 Å². The van der Waals surface area contributed by atoms with Gasteiger partial charge in [-0.05, 0) is 72.8 Å². The standard InChI is InChI=1S/C23H19N3O5S2/c27-32(28,23-14-10-21(11-15-23)31-20-6-2-1-3-7-20)25-18-8-12-22(13-9-18)33(29,30)26-19-5-4-16-24-17-19/h1-17,25-26H. The summed E-state index contributed by atoms with van der Waals surface area (Å²) in [4.78, 5) is 3.88. The van der Waals surface area contributed by atoms with E-state index < -0.39 is 20.0 Å². The van der Waals surface area contributed by atoms with Crippen LogP contribution in [0.5, 0.6) is 11.5 Å². The van der Waals surface area contributed by atoms with Crippen molar-refractivity contribution in [3.63, 3.8) is 0 Å². The highest BCUT2D eigenvalue weighted by atomic mass is 32.2. The van der Waals surface area contributed by atoms with E-state index in [2.05, 4.69) is 14.4 Å². The van der Waals surface area contributed by atoms with Crippen molar-refractivity contribution in [3.05, 3.63) is 103 Å². The predicted molar refractivity (Wildman–Crippen MR) is 125 cm³/mol. The van der Waals surface area contributed by atoms with Crippen LogP contribution in [0.25, 0.3) is 0 Å². The Kier molecular flexibility index (Phi) is 6.29. The molecule has 0 unspecified atom stereocenters. The predicted octanol–water partition coefficient (Wildman–Crippen LogP) is 4.48. The molecule has 8 nitrogen and oxygen atoms in total. The summed E-state index contributed by atoms with van der Waals surface area (Å²) in [6, 6.07) is 23.7. The Balaban J connectivity index is 1.45. The van der Waals surface area contributed by atoms with Crippen LogP contribution in [0.3, 0.4) is 0 Å². The van der Waals surface area contributed by atoms with Crippen LogP contribution < -0.4 is 14.2 Å². The molecule has 4 aromatic rings. The molecule has 0 aliphatic rings. The zero-order valence-electron chi connectivity index (χ0n) is 17.1. The van der Waals surface area contributed by atoms with Crippen molar-refractivity contribution < 1.29 is 21.6 Å². The van der Waals surface area contributed by atoms with Crippen LogP contribution in [0.4, 0.5) is 11.4 Å². The van der Waals surface area contributed by atoms with Crippen LogP contribution in [0, 0.1) is 0 Å². The van der Waals surface area contributed by atoms with Gasteiger partial charge in [-0.1, -0.05) is 18.2 Å². The normalized spacial score (nSPS) is 11.5. The Bertz CT molecular complexity index is 1430. The number of aromatic nitrogens is 1. The van der Waals surface area contributed by atoms with Gasteiger partial charge in [-0.15, -0.1) is 0 Å². The summed E-state index contributed by atoms with van der Waals surface area (Å²) in [5, 5.41) is 0. The summed E-state index contributed by atoms with van der Waals surface area (Å²) in [5.41, 5.74) is 0.543. The summed E-state index contributed by atoms with van der Waals surface area (Å²) in [5.74, 6) is 1.13. The van der Waals surface area contributed by atoms with Gasteiger partial charge in [-0.25, -0.2) is 16.8 Å². The van der Waals surface area contributed by atoms with Crippen molar-refractivity contribution in [2.24, 2.45) is 0 Å². The third-order valence-corrected chi connectivity index (χ3v) is 7.24. The van der Waals surface area contributed by atoms with E-state index in [0.717, 1.165) is 0 Å². The summed E-state index contributed by atoms with van der Waals surface area (Å²) in [6.45, 7) is 0. The molecule has 0 radical (unpaired) electrons. The smallest absolute Gasteiger partial charge is 0.261 e. The van der Waals surface area contributed by atoms with E-state index in [-0.39, 0.29) is 15.5 Å². The number of rotatable bonds is 8. The van der Waals surface area contributed by atoms with Crippen LogP contribution in [0.15, 0.2) is 113 Å². The largest absolute Gasteiger partial charge is 0.457 e. The van der Waals surface area contributed by atoms with Crippen LogP contribution in [0.2, 0.25) is 0 Å². The van der Waals surface area contributed by atoms with E-state index >= 15 is 0 Å². The second kappa shape index (κ2) is 9.31. The number of nitrogens with one attached hydrogen (secondary N) is 2. The van der Waals surface area contributed by atoms with E-state index in [1.54, 1.807) is 36.4 Å². The van der Waals surface area contributed by atoms with E-state index in [0.29, 0.717) is 17.2 Å². The number of nitrogens with zero attached hydrogens (tertiary/aromatic N) is 1. The molecule has 0 amide bonds. The lowest BCUT2D eigenvalue weighted by Crippen LogP contribution is -2.14. The minimum atomic E-state index is -3.88. The van der Waals surface area contributed by atoms with E-state index in [4.69, 9.17) is 4.74 Å². The Morgan fingerprint density at radius 3 is 1.70 bits per heavy atom. The quantitative estimate of drug-likeness (QED) is 0.384. The second-order valence-corrected chi connectivity index (χ2v) is 10.2. The molecule has 4 rings (SSSR count). The minimum Gasteiger partial charge on any atom is -0.457 e. The van der Waals surface area contributed by atoms with Gasteiger partial charge in [0.1, 0.15) is 11.5 Å². The second-order valence-electron chi connectivity index (χ2n) is 6.86. The molecule has 0 bridgehead atoms. The number of ether oxygens (including phenoxy) is 1. The molecule has 0 aliphatic heterocycles. The molecule has 3 aromatic carbocycles. The summed E-state index contributed by atoms with van der Waals surface area (Å²) < 4.78 is 60.9. The van der Waals surface area contributed by atoms with Gasteiger partial charge in [0, 0.05) is 11.9 Å². The Morgan fingerprint density at radius 2 is 1.12 bits per heavy atom. The highest BCUT2D eigenvalue weighted by Crippen LogP contribution is 2.24. The van der Waals surface area contributed by atoms with E-state index in [1.165, 1.54) is 48.8 Å². The number of sulfonamides is 2. The fourth-order valence-corrected chi connectivity index (χ4v) is 4.97. The van der Waals surface area contributed by atoms with Crippen LogP contribution in [0.1, 0.15) is 0 Å². The zero-order valence-corrected chi connectivity index (χ0v) is 18.8. The number of benzene rings is 3. The molecule has 1 heterocycles. The Hall–Kier alpha value is -3.89. The topological polar surface area (TPSA) is 114 Å². The molecule has 0 aliphatic carbocycles. The van der Waals surface area contributed by atoms with Crippen molar-refractivity contribution in [1.29, 1.82) is 0 Å². The Morgan fingerprint density at radius 1 is 0.576 bits per heavy atom. The fraction of sp³-hybridized carbons (Fsp3) is 0. The molecule has 0 fully saturated rings. The number of pyridine rings is 1. The maximum absolute atomic E-state index is 12.7. The number of hydrogen-bond donors (Lipinski definition) is 2. The van der Waals surface area contributed by atoms with Gasteiger partial charge in [0.2, 0.25) is 0 Å². The van der Waals surface area contributed by atoms with Gasteiger partial charge in [0.25, 0.3) is 20.0 Å². The number of anilines is 2. The van der Waals surface area contributed by atoms with E-state index in [1.807, 2.05) is 18.2 Å². The third kappa shape index (κ3) is 5.68. The van der Waals surface area contributed by atoms with Crippen molar-refractivity contribution in [1.82, 2.24) is 4.98 Å². The Labute approximate surface area is 192 Å². The average Bonchev–Trinajstić information content (AvgIpc) is 2.81. The highest BCUT2D eigenvalue weighted by Gasteiger charge is 2.17. The monoisotopic (exact) mass is 481 g/mol. The average molecular weight is 482 g/mol. The number of hydrogen-bond acceptors (Lipinski definition) is 6. The molecule has 0 saturated heterocycles. The molecule has 2 N–H and O–H groups in total. The molecule has 1 aromatic heterocycles. The molecular formula is C23H19N3O5S2. The summed E-state index contributed by atoms with van der Waals surface area (Å²) in [6.07, 6.45) is 2.92. The summed E-state index contributed by atoms with van der Waals surface area (Å²) in [7, 11) is -7.72. The molecule has 0 spiro atoms. The van der Waals surface area contributed by atoms with Gasteiger partial charge < -0.3 is 4.74 Å². The van der Waals surface area contributed by atoms with Gasteiger partial charge in [0.05, 0.1) is 21.7 Å².